The van der Waals surface area contributed by atoms with Gasteiger partial charge in [0.15, 0.2) is 5.60 Å². The minimum absolute atomic E-state index is 0.186. The Hall–Kier alpha value is -4.15. The number of benzene rings is 5. The topological polar surface area (TPSA) is 54.0 Å². The predicted molar refractivity (Wildman–Crippen MR) is 177 cm³/mol. The van der Waals surface area contributed by atoms with Crippen LogP contribution in [0.1, 0.15) is 48.9 Å². The first kappa shape index (κ1) is 31.3. The average molecular weight is 607 g/mol. The Balaban J connectivity index is 1.37. The lowest BCUT2D eigenvalue weighted by molar-refractivity contribution is 0.155. The standard InChI is InChI=1S/C38H39O5P/c1-3-5-28-44(39,40-4-2)41-30-31-16-15-23-37(29-31)42-35-24-26-36(27-25-35)43-38(32-17-9-6-10-18-32,33-19-11-7-12-20-33)34-21-13-8-14-22-34/h6-27,29H,3-5,28,30H2,1-2H3. The summed E-state index contributed by atoms with van der Waals surface area (Å²) < 4.78 is 37.5. The van der Waals surface area contributed by atoms with Crippen molar-refractivity contribution in [3.63, 3.8) is 0 Å². The van der Waals surface area contributed by atoms with E-state index in [0.29, 0.717) is 30.0 Å². The summed E-state index contributed by atoms with van der Waals surface area (Å²) in [6.07, 6.45) is 2.14. The summed E-state index contributed by atoms with van der Waals surface area (Å²) in [5.74, 6) is 2.03. The van der Waals surface area contributed by atoms with E-state index >= 15 is 0 Å². The number of hydrogen-bond acceptors (Lipinski definition) is 5. The van der Waals surface area contributed by atoms with Gasteiger partial charge in [0.25, 0.3) is 0 Å². The van der Waals surface area contributed by atoms with Gasteiger partial charge in [0.05, 0.1) is 19.4 Å². The van der Waals surface area contributed by atoms with Gasteiger partial charge in [0.2, 0.25) is 0 Å². The first-order valence-corrected chi connectivity index (χ1v) is 16.9. The fraction of sp³-hybridized carbons (Fsp3) is 0.211. The van der Waals surface area contributed by atoms with Crippen molar-refractivity contribution >= 4 is 7.60 Å². The summed E-state index contributed by atoms with van der Waals surface area (Å²) in [7, 11) is -3.13. The molecule has 0 N–H and O–H groups in total. The van der Waals surface area contributed by atoms with Gasteiger partial charge in [-0.15, -0.1) is 0 Å². The van der Waals surface area contributed by atoms with Crippen LogP contribution < -0.4 is 9.47 Å². The summed E-state index contributed by atoms with van der Waals surface area (Å²) in [5.41, 5.74) is 3.08. The van der Waals surface area contributed by atoms with Gasteiger partial charge in [-0.3, -0.25) is 4.57 Å². The van der Waals surface area contributed by atoms with E-state index in [1.807, 2.05) is 110 Å². The summed E-state index contributed by atoms with van der Waals surface area (Å²) in [4.78, 5) is 0. The van der Waals surface area contributed by atoms with Crippen LogP contribution in [-0.4, -0.2) is 12.8 Å². The third-order valence-electron chi connectivity index (χ3n) is 7.31. The van der Waals surface area contributed by atoms with Crippen molar-refractivity contribution < 1.29 is 23.1 Å². The highest BCUT2D eigenvalue weighted by molar-refractivity contribution is 7.53. The molecule has 0 aliphatic carbocycles. The molecule has 0 fully saturated rings. The Morgan fingerprint density at radius 3 is 1.66 bits per heavy atom. The summed E-state index contributed by atoms with van der Waals surface area (Å²) in [6.45, 7) is 4.43. The van der Waals surface area contributed by atoms with Crippen molar-refractivity contribution in [1.82, 2.24) is 0 Å². The maximum atomic E-state index is 13.0. The van der Waals surface area contributed by atoms with Gasteiger partial charge in [-0.25, -0.2) is 0 Å². The molecule has 0 bridgehead atoms. The molecule has 0 amide bonds. The van der Waals surface area contributed by atoms with E-state index in [-0.39, 0.29) is 6.61 Å². The maximum absolute atomic E-state index is 13.0. The van der Waals surface area contributed by atoms with Gasteiger partial charge in [0, 0.05) is 16.7 Å². The normalized spacial score (nSPS) is 12.8. The monoisotopic (exact) mass is 606 g/mol. The molecule has 1 unspecified atom stereocenters. The second-order valence-electron chi connectivity index (χ2n) is 10.5. The first-order chi connectivity index (χ1) is 21.5. The van der Waals surface area contributed by atoms with Crippen molar-refractivity contribution in [3.8, 4) is 17.2 Å². The van der Waals surface area contributed by atoms with Gasteiger partial charge < -0.3 is 18.5 Å². The van der Waals surface area contributed by atoms with Gasteiger partial charge in [-0.1, -0.05) is 116 Å². The van der Waals surface area contributed by atoms with Crippen LogP contribution in [0.2, 0.25) is 0 Å². The molecule has 1 atom stereocenters. The molecule has 5 aromatic carbocycles. The van der Waals surface area contributed by atoms with E-state index in [4.69, 9.17) is 18.5 Å². The summed E-state index contributed by atoms with van der Waals surface area (Å²) >= 11 is 0. The second kappa shape index (κ2) is 15.0. The molecule has 6 heteroatoms. The largest absolute Gasteiger partial charge is 0.473 e. The average Bonchev–Trinajstić information content (AvgIpc) is 3.08. The summed E-state index contributed by atoms with van der Waals surface area (Å²) in [5, 5.41) is 0. The highest BCUT2D eigenvalue weighted by Gasteiger charge is 2.39. The fourth-order valence-corrected chi connectivity index (χ4v) is 6.95. The molecule has 0 radical (unpaired) electrons. The number of hydrogen-bond donors (Lipinski definition) is 0. The van der Waals surface area contributed by atoms with Crippen LogP contribution in [0.3, 0.4) is 0 Å². The highest BCUT2D eigenvalue weighted by Crippen LogP contribution is 2.49. The van der Waals surface area contributed by atoms with Crippen molar-refractivity contribution in [2.24, 2.45) is 0 Å². The van der Waals surface area contributed by atoms with Gasteiger partial charge in [0.1, 0.15) is 17.2 Å². The second-order valence-corrected chi connectivity index (χ2v) is 12.7. The molecule has 5 rings (SSSR count). The molecule has 0 saturated heterocycles. The van der Waals surface area contributed by atoms with Crippen molar-refractivity contribution in [2.45, 2.75) is 38.9 Å². The molecular formula is C38H39O5P. The lowest BCUT2D eigenvalue weighted by Crippen LogP contribution is -2.36. The van der Waals surface area contributed by atoms with Crippen LogP contribution in [0.25, 0.3) is 0 Å². The molecule has 0 spiro atoms. The van der Waals surface area contributed by atoms with Crippen LogP contribution in [-0.2, 0) is 25.8 Å². The third kappa shape index (κ3) is 7.67. The van der Waals surface area contributed by atoms with Crippen LogP contribution in [0, 0.1) is 0 Å². The quantitative estimate of drug-likeness (QED) is 0.0877. The molecule has 0 aliphatic rings. The fourth-order valence-electron chi connectivity index (χ4n) is 5.17. The van der Waals surface area contributed by atoms with Crippen LogP contribution >= 0.6 is 7.60 Å². The van der Waals surface area contributed by atoms with E-state index in [1.54, 1.807) is 0 Å². The Labute approximate surface area is 260 Å². The number of unbranched alkanes of at least 4 members (excludes halogenated alkanes) is 1. The zero-order valence-corrected chi connectivity index (χ0v) is 26.2. The maximum Gasteiger partial charge on any atom is 0.330 e. The van der Waals surface area contributed by atoms with Crippen molar-refractivity contribution in [1.29, 1.82) is 0 Å². The SMILES string of the molecule is CCCCP(=O)(OCC)OCc1cccc(Oc2ccc(OC(c3ccccc3)(c3ccccc3)c3ccccc3)cc2)c1. The molecule has 0 heterocycles. The highest BCUT2D eigenvalue weighted by atomic mass is 31.2. The van der Waals surface area contributed by atoms with E-state index in [1.165, 1.54) is 0 Å². The van der Waals surface area contributed by atoms with E-state index in [0.717, 1.165) is 35.1 Å². The predicted octanol–water partition coefficient (Wildman–Crippen LogP) is 10.4. The van der Waals surface area contributed by atoms with Crippen LogP contribution in [0.5, 0.6) is 17.2 Å². The van der Waals surface area contributed by atoms with Crippen molar-refractivity contribution in [2.75, 3.05) is 12.8 Å². The van der Waals surface area contributed by atoms with E-state index < -0.39 is 13.2 Å². The van der Waals surface area contributed by atoms with Gasteiger partial charge in [-0.2, -0.15) is 0 Å². The molecule has 44 heavy (non-hydrogen) atoms. The third-order valence-corrected chi connectivity index (χ3v) is 9.35. The smallest absolute Gasteiger partial charge is 0.330 e. The van der Waals surface area contributed by atoms with E-state index in [9.17, 15) is 4.57 Å². The Bertz CT molecular complexity index is 1530. The minimum Gasteiger partial charge on any atom is -0.473 e. The molecule has 5 aromatic rings. The van der Waals surface area contributed by atoms with Gasteiger partial charge >= 0.3 is 7.60 Å². The molecule has 5 nitrogen and oxygen atoms in total. The number of rotatable bonds is 15. The molecule has 0 aromatic heterocycles. The zero-order chi connectivity index (χ0) is 30.7. The Morgan fingerprint density at radius 2 is 1.14 bits per heavy atom. The lowest BCUT2D eigenvalue weighted by atomic mass is 9.80. The van der Waals surface area contributed by atoms with Gasteiger partial charge in [-0.05, 0) is 55.3 Å². The first-order valence-electron chi connectivity index (χ1n) is 15.2. The summed E-state index contributed by atoms with van der Waals surface area (Å²) in [6, 6.07) is 46.2. The zero-order valence-electron chi connectivity index (χ0n) is 25.3. The Kier molecular flexibility index (Phi) is 10.7. The number of ether oxygens (including phenoxy) is 2. The minimum atomic E-state index is -3.13. The van der Waals surface area contributed by atoms with Crippen LogP contribution in [0.15, 0.2) is 140 Å². The molecule has 0 saturated carbocycles. The van der Waals surface area contributed by atoms with E-state index in [2.05, 4.69) is 43.3 Å². The molecule has 226 valence electrons. The molecular weight excluding hydrogens is 567 g/mol. The van der Waals surface area contributed by atoms with Crippen molar-refractivity contribution in [3.05, 3.63) is 162 Å². The lowest BCUT2D eigenvalue weighted by Gasteiger charge is -2.36. The molecule has 0 aliphatic heterocycles. The van der Waals surface area contributed by atoms with Crippen LogP contribution in [0.4, 0.5) is 0 Å². The Morgan fingerprint density at radius 1 is 0.591 bits per heavy atom.